The number of phenolic OH excluding ortho intramolecular Hbond substituents is 1. The van der Waals surface area contributed by atoms with Crippen LogP contribution in [0.4, 0.5) is 0 Å². The summed E-state index contributed by atoms with van der Waals surface area (Å²) in [6.45, 7) is 0.976. The Hall–Kier alpha value is -3.07. The van der Waals surface area contributed by atoms with Gasteiger partial charge in [0.15, 0.2) is 11.5 Å². The molecule has 3 unspecified atom stereocenters. The van der Waals surface area contributed by atoms with E-state index in [0.717, 1.165) is 35.3 Å². The molecule has 6 atom stereocenters. The number of aromatic hydroxyl groups is 1. The zero-order valence-corrected chi connectivity index (χ0v) is 22.5. The maximum absolute atomic E-state index is 14.4. The molecule has 39 heavy (non-hydrogen) atoms. The summed E-state index contributed by atoms with van der Waals surface area (Å²) in [5.74, 6) is 1.47. The van der Waals surface area contributed by atoms with Crippen LogP contribution in [0.5, 0.6) is 17.2 Å². The van der Waals surface area contributed by atoms with Gasteiger partial charge in [-0.25, -0.2) is 0 Å². The minimum atomic E-state index is -1.25. The molecule has 2 aromatic rings. The molecule has 8 nitrogen and oxygen atoms in total. The molecular weight excluding hydrogens is 496 g/mol. The van der Waals surface area contributed by atoms with Gasteiger partial charge >= 0.3 is 0 Å². The topological polar surface area (TPSA) is 102 Å². The first-order valence-electron chi connectivity index (χ1n) is 14.1. The van der Waals surface area contributed by atoms with Gasteiger partial charge in [0, 0.05) is 37.4 Å². The molecule has 0 aromatic heterocycles. The summed E-state index contributed by atoms with van der Waals surface area (Å²) < 4.78 is 11.5. The number of nitrogens with zero attached hydrogens (tertiary/aromatic N) is 2. The Bertz CT molecular complexity index is 1370. The van der Waals surface area contributed by atoms with Gasteiger partial charge in [0.05, 0.1) is 31.7 Å². The summed E-state index contributed by atoms with van der Waals surface area (Å²) in [4.78, 5) is 15.1. The zero-order valence-electron chi connectivity index (χ0n) is 22.5. The number of phenols is 1. The van der Waals surface area contributed by atoms with E-state index in [-0.39, 0.29) is 22.3 Å². The SMILES string of the molecule is COc1cccc(/C=C/C(=O)N(C)C2CC[C@@]3(O)[C@H]4Cc5ccc(O)c6c5[C@@]3(CC[N+]4([O-])CC3CC3)C2O6)c1. The third-order valence-electron chi connectivity index (χ3n) is 10.4. The molecule has 8 heteroatoms. The molecular formula is C31H36N2O6. The minimum absolute atomic E-state index is 0.0513. The molecule has 2 heterocycles. The Labute approximate surface area is 228 Å². The van der Waals surface area contributed by atoms with E-state index in [1.807, 2.05) is 30.3 Å². The molecule has 3 fully saturated rings. The van der Waals surface area contributed by atoms with Gasteiger partial charge in [-0.3, -0.25) is 4.79 Å². The van der Waals surface area contributed by atoms with Crippen LogP contribution >= 0.6 is 0 Å². The number of rotatable bonds is 6. The normalized spacial score (nSPS) is 35.8. The number of hydrogen-bond donors (Lipinski definition) is 2. The van der Waals surface area contributed by atoms with E-state index in [1.165, 1.54) is 0 Å². The van der Waals surface area contributed by atoms with Crippen molar-refractivity contribution in [3.8, 4) is 17.2 Å². The van der Waals surface area contributed by atoms with Crippen molar-refractivity contribution in [2.75, 3.05) is 27.2 Å². The van der Waals surface area contributed by atoms with E-state index in [1.54, 1.807) is 37.3 Å². The third kappa shape index (κ3) is 3.44. The lowest BCUT2D eigenvalue weighted by Crippen LogP contribution is -2.81. The van der Waals surface area contributed by atoms with Gasteiger partial charge in [0.25, 0.3) is 0 Å². The van der Waals surface area contributed by atoms with Crippen molar-refractivity contribution in [2.24, 2.45) is 5.92 Å². The number of aliphatic hydroxyl groups is 1. The maximum Gasteiger partial charge on any atom is 0.246 e. The van der Waals surface area contributed by atoms with Crippen LogP contribution in [0.25, 0.3) is 6.08 Å². The van der Waals surface area contributed by atoms with Gasteiger partial charge in [0.1, 0.15) is 23.5 Å². The lowest BCUT2D eigenvalue weighted by molar-refractivity contribution is -0.924. The average molecular weight is 533 g/mol. The van der Waals surface area contributed by atoms with Crippen molar-refractivity contribution >= 4 is 12.0 Å². The number of methoxy groups -OCH3 is 1. The lowest BCUT2D eigenvalue weighted by Gasteiger charge is -2.68. The van der Waals surface area contributed by atoms with Crippen molar-refractivity contribution in [2.45, 2.75) is 67.7 Å². The Balaban J connectivity index is 1.25. The van der Waals surface area contributed by atoms with E-state index >= 15 is 0 Å². The number of carbonyl (C=O) groups is 1. The summed E-state index contributed by atoms with van der Waals surface area (Å²) in [7, 11) is 3.39. The molecule has 1 saturated heterocycles. The molecule has 1 spiro atoms. The second kappa shape index (κ2) is 8.46. The van der Waals surface area contributed by atoms with E-state index in [9.17, 15) is 20.2 Å². The van der Waals surface area contributed by atoms with Gasteiger partial charge in [0.2, 0.25) is 5.91 Å². The Morgan fingerprint density at radius 3 is 2.85 bits per heavy atom. The number of hydrogen-bond acceptors (Lipinski definition) is 6. The molecule has 2 N–H and O–H groups in total. The average Bonchev–Trinajstić information content (AvgIpc) is 3.66. The van der Waals surface area contributed by atoms with Crippen LogP contribution in [0, 0.1) is 11.1 Å². The number of likely N-dealkylation sites (tertiary alicyclic amines) is 1. The molecule has 0 radical (unpaired) electrons. The standard InChI is InChI=1S/C31H36N2O6/c1-32(26(35)11-8-19-4-3-5-22(16-19)38-2)23-12-13-31(36)25-17-21-9-10-24(34)28-27(21)30(31,29(23)39-28)14-15-33(25,37)18-20-6-7-20/h3-5,8-11,16,20,23,25,29,34,36H,6-7,12-15,17-18H2,1-2H3/b11-8+/t23?,25-,29?,30+,31-,33?/m1/s1. The fraction of sp³-hybridized carbons (Fsp3) is 0.516. The van der Waals surface area contributed by atoms with E-state index < -0.39 is 23.2 Å². The molecule has 2 saturated carbocycles. The molecule has 7 rings (SSSR count). The summed E-state index contributed by atoms with van der Waals surface area (Å²) in [6, 6.07) is 10.3. The number of piperidine rings is 1. The lowest BCUT2D eigenvalue weighted by atomic mass is 9.48. The minimum Gasteiger partial charge on any atom is -0.632 e. The quantitative estimate of drug-likeness (QED) is 0.335. The van der Waals surface area contributed by atoms with E-state index in [0.29, 0.717) is 50.4 Å². The van der Waals surface area contributed by atoms with Crippen LogP contribution in [0.2, 0.25) is 0 Å². The predicted octanol–water partition coefficient (Wildman–Crippen LogP) is 3.52. The molecule has 5 aliphatic rings. The van der Waals surface area contributed by atoms with E-state index in [2.05, 4.69) is 0 Å². The van der Waals surface area contributed by atoms with Crippen molar-refractivity contribution < 1.29 is 29.1 Å². The summed E-state index contributed by atoms with van der Waals surface area (Å²) in [5, 5.41) is 37.8. The third-order valence-corrected chi connectivity index (χ3v) is 10.4. The second-order valence-corrected chi connectivity index (χ2v) is 12.3. The Kier molecular flexibility index (Phi) is 5.41. The van der Waals surface area contributed by atoms with Crippen LogP contribution in [0.15, 0.2) is 42.5 Å². The van der Waals surface area contributed by atoms with Gasteiger partial charge in [-0.05, 0) is 61.1 Å². The summed E-state index contributed by atoms with van der Waals surface area (Å²) >= 11 is 0. The highest BCUT2D eigenvalue weighted by atomic mass is 16.6. The van der Waals surface area contributed by atoms with Crippen molar-refractivity contribution in [3.05, 3.63) is 64.4 Å². The number of hydroxylamine groups is 3. The molecule has 2 aromatic carbocycles. The molecule has 206 valence electrons. The number of amides is 1. The number of benzene rings is 2. The van der Waals surface area contributed by atoms with Crippen LogP contribution in [-0.2, 0) is 16.6 Å². The number of likely N-dealkylation sites (N-methyl/N-ethyl adjacent to an activating group) is 1. The smallest absolute Gasteiger partial charge is 0.246 e. The highest BCUT2D eigenvalue weighted by molar-refractivity contribution is 5.92. The number of quaternary nitrogens is 1. The van der Waals surface area contributed by atoms with Gasteiger partial charge in [-0.2, -0.15) is 0 Å². The largest absolute Gasteiger partial charge is 0.632 e. The summed E-state index contributed by atoms with van der Waals surface area (Å²) in [5.41, 5.74) is 0.621. The van der Waals surface area contributed by atoms with Gasteiger partial charge in [-0.1, -0.05) is 18.2 Å². The Morgan fingerprint density at radius 1 is 1.26 bits per heavy atom. The summed E-state index contributed by atoms with van der Waals surface area (Å²) in [6.07, 6.45) is 6.86. The highest BCUT2D eigenvalue weighted by Gasteiger charge is 2.76. The molecule has 3 aliphatic carbocycles. The predicted molar refractivity (Wildman–Crippen MR) is 145 cm³/mol. The van der Waals surface area contributed by atoms with Crippen molar-refractivity contribution in [1.82, 2.24) is 4.90 Å². The number of ether oxygens (including phenoxy) is 2. The van der Waals surface area contributed by atoms with Gasteiger partial charge in [-0.15, -0.1) is 0 Å². The number of carbonyl (C=O) groups excluding carboxylic acids is 1. The van der Waals surface area contributed by atoms with Crippen LogP contribution in [0.3, 0.4) is 0 Å². The first-order valence-corrected chi connectivity index (χ1v) is 14.1. The first kappa shape index (κ1) is 24.9. The highest BCUT2D eigenvalue weighted by Crippen LogP contribution is 2.67. The fourth-order valence-electron chi connectivity index (χ4n) is 8.32. The van der Waals surface area contributed by atoms with Crippen molar-refractivity contribution in [3.63, 3.8) is 0 Å². The first-order chi connectivity index (χ1) is 18.7. The molecule has 2 aliphatic heterocycles. The van der Waals surface area contributed by atoms with Gasteiger partial charge < -0.3 is 34.4 Å². The zero-order chi connectivity index (χ0) is 27.2. The van der Waals surface area contributed by atoms with Crippen LogP contribution in [-0.4, -0.2) is 76.7 Å². The van der Waals surface area contributed by atoms with E-state index in [4.69, 9.17) is 9.47 Å². The molecule has 2 bridgehead atoms. The molecule has 1 amide bonds. The van der Waals surface area contributed by atoms with Crippen LogP contribution < -0.4 is 9.47 Å². The van der Waals surface area contributed by atoms with Crippen molar-refractivity contribution in [1.29, 1.82) is 0 Å². The monoisotopic (exact) mass is 532 g/mol. The maximum atomic E-state index is 14.4. The van der Waals surface area contributed by atoms with Crippen LogP contribution in [0.1, 0.15) is 48.8 Å². The Morgan fingerprint density at radius 2 is 2.08 bits per heavy atom. The fourth-order valence-corrected chi connectivity index (χ4v) is 8.32. The second-order valence-electron chi connectivity index (χ2n) is 12.3.